The van der Waals surface area contributed by atoms with Crippen LogP contribution in [0.15, 0.2) is 36.4 Å². The Hall–Kier alpha value is -3.35. The Balaban J connectivity index is 1.54. The van der Waals surface area contributed by atoms with Gasteiger partial charge in [-0.15, -0.1) is 0 Å². The predicted molar refractivity (Wildman–Crippen MR) is 108 cm³/mol. The molecule has 0 radical (unpaired) electrons. The lowest BCUT2D eigenvalue weighted by atomic mass is 10.0. The fourth-order valence-electron chi connectivity index (χ4n) is 3.73. The zero-order chi connectivity index (χ0) is 19.8. The van der Waals surface area contributed by atoms with Crippen molar-refractivity contribution in [3.05, 3.63) is 53.1 Å². The molecule has 28 heavy (non-hydrogen) atoms. The van der Waals surface area contributed by atoms with Gasteiger partial charge >= 0.3 is 6.03 Å². The minimum atomic E-state index is -0.207. The van der Waals surface area contributed by atoms with Crippen LogP contribution in [0.5, 0.6) is 0 Å². The molecule has 0 saturated heterocycles. The van der Waals surface area contributed by atoms with Crippen molar-refractivity contribution in [1.29, 1.82) is 0 Å². The number of nitrogens with zero attached hydrogens (tertiary/aromatic N) is 2. The normalized spacial score (nSPS) is 15.4. The summed E-state index contributed by atoms with van der Waals surface area (Å²) in [5, 5.41) is 5.73. The number of anilines is 3. The zero-order valence-corrected chi connectivity index (χ0v) is 15.9. The van der Waals surface area contributed by atoms with E-state index in [0.29, 0.717) is 17.8 Å². The van der Waals surface area contributed by atoms with Gasteiger partial charge in [0.2, 0.25) is 5.91 Å². The second-order valence-corrected chi connectivity index (χ2v) is 7.23. The minimum absolute atomic E-state index is 0.0313. The standard InChI is InChI=1S/C21H22N4O3/c1-13(26)25-9-3-4-14-11-17(6-8-19(14)25)22-20(27)15-5-7-18-16(10-15)12-24(2)21(28)23-18/h5-8,10-11H,3-4,9,12H2,1-2H3,(H,22,27)(H,23,28). The minimum Gasteiger partial charge on any atom is -0.323 e. The van der Waals surface area contributed by atoms with Crippen LogP contribution in [-0.2, 0) is 17.8 Å². The number of amides is 4. The first kappa shape index (κ1) is 18.0. The van der Waals surface area contributed by atoms with Gasteiger partial charge in [-0.2, -0.15) is 0 Å². The molecule has 0 atom stereocenters. The summed E-state index contributed by atoms with van der Waals surface area (Å²) < 4.78 is 0. The van der Waals surface area contributed by atoms with Crippen molar-refractivity contribution >= 4 is 34.9 Å². The summed E-state index contributed by atoms with van der Waals surface area (Å²) in [6.07, 6.45) is 1.79. The van der Waals surface area contributed by atoms with Gasteiger partial charge in [-0.1, -0.05) is 0 Å². The maximum absolute atomic E-state index is 12.7. The van der Waals surface area contributed by atoms with E-state index in [1.54, 1.807) is 42.0 Å². The molecule has 0 unspecified atom stereocenters. The van der Waals surface area contributed by atoms with Crippen LogP contribution >= 0.6 is 0 Å². The summed E-state index contributed by atoms with van der Waals surface area (Å²) >= 11 is 0. The van der Waals surface area contributed by atoms with Crippen LogP contribution < -0.4 is 15.5 Å². The van der Waals surface area contributed by atoms with Gasteiger partial charge in [0.25, 0.3) is 5.91 Å². The molecule has 2 aliphatic rings. The highest BCUT2D eigenvalue weighted by atomic mass is 16.2. The van der Waals surface area contributed by atoms with Crippen LogP contribution in [0.4, 0.5) is 21.9 Å². The Morgan fingerprint density at radius 2 is 1.93 bits per heavy atom. The molecule has 2 heterocycles. The highest BCUT2D eigenvalue weighted by Crippen LogP contribution is 2.30. The van der Waals surface area contributed by atoms with Crippen LogP contribution in [0.25, 0.3) is 0 Å². The van der Waals surface area contributed by atoms with Crippen molar-refractivity contribution in [3.8, 4) is 0 Å². The van der Waals surface area contributed by atoms with Crippen molar-refractivity contribution in [2.45, 2.75) is 26.3 Å². The number of carbonyl (C=O) groups is 3. The molecule has 0 fully saturated rings. The number of rotatable bonds is 2. The van der Waals surface area contributed by atoms with E-state index in [-0.39, 0.29) is 17.8 Å². The average Bonchev–Trinajstić information content (AvgIpc) is 2.67. The van der Waals surface area contributed by atoms with Crippen LogP contribution in [0.1, 0.15) is 34.8 Å². The fourth-order valence-corrected chi connectivity index (χ4v) is 3.73. The Kier molecular flexibility index (Phi) is 4.50. The molecule has 4 amide bonds. The molecule has 7 nitrogen and oxygen atoms in total. The molecule has 0 saturated carbocycles. The average molecular weight is 378 g/mol. The van der Waals surface area contributed by atoms with Gasteiger partial charge in [-0.3, -0.25) is 9.59 Å². The molecule has 7 heteroatoms. The number of nitrogens with one attached hydrogen (secondary N) is 2. The van der Waals surface area contributed by atoms with E-state index >= 15 is 0 Å². The Labute approximate surface area is 163 Å². The van der Waals surface area contributed by atoms with Gasteiger partial charge in [0.15, 0.2) is 0 Å². The van der Waals surface area contributed by atoms with Crippen LogP contribution in [0.2, 0.25) is 0 Å². The first-order chi connectivity index (χ1) is 13.4. The van der Waals surface area contributed by atoms with Crippen LogP contribution in [-0.4, -0.2) is 36.3 Å². The monoisotopic (exact) mass is 378 g/mol. The fraction of sp³-hybridized carbons (Fsp3) is 0.286. The van der Waals surface area contributed by atoms with E-state index in [4.69, 9.17) is 0 Å². The largest absolute Gasteiger partial charge is 0.323 e. The van der Waals surface area contributed by atoms with Crippen LogP contribution in [0.3, 0.4) is 0 Å². The van der Waals surface area contributed by atoms with Crippen molar-refractivity contribution in [2.75, 3.05) is 29.1 Å². The Bertz CT molecular complexity index is 986. The van der Waals surface area contributed by atoms with Gasteiger partial charge in [-0.05, 0) is 60.4 Å². The van der Waals surface area contributed by atoms with Crippen molar-refractivity contribution < 1.29 is 14.4 Å². The number of hydrogen-bond donors (Lipinski definition) is 2. The molecule has 0 aromatic heterocycles. The number of benzene rings is 2. The summed E-state index contributed by atoms with van der Waals surface area (Å²) in [4.78, 5) is 39.6. The summed E-state index contributed by atoms with van der Waals surface area (Å²) in [5.74, 6) is -0.176. The molecular formula is C21H22N4O3. The molecule has 2 aromatic carbocycles. The number of fused-ring (bicyclic) bond motifs is 2. The van der Waals surface area contributed by atoms with Gasteiger partial charge in [0.05, 0.1) is 0 Å². The maximum atomic E-state index is 12.7. The Morgan fingerprint density at radius 1 is 1.11 bits per heavy atom. The number of hydrogen-bond acceptors (Lipinski definition) is 3. The predicted octanol–water partition coefficient (Wildman–Crippen LogP) is 3.22. The lowest BCUT2D eigenvalue weighted by Gasteiger charge is -2.29. The molecule has 0 aliphatic carbocycles. The molecule has 4 rings (SSSR count). The van der Waals surface area contributed by atoms with E-state index < -0.39 is 0 Å². The smallest absolute Gasteiger partial charge is 0.321 e. The SMILES string of the molecule is CC(=O)N1CCCc2cc(NC(=O)c3ccc4c(c3)CN(C)C(=O)N4)ccc21. The van der Waals surface area contributed by atoms with Crippen molar-refractivity contribution in [1.82, 2.24) is 4.90 Å². The van der Waals surface area contributed by atoms with Crippen molar-refractivity contribution in [2.24, 2.45) is 0 Å². The zero-order valence-electron chi connectivity index (χ0n) is 15.9. The van der Waals surface area contributed by atoms with Gasteiger partial charge < -0.3 is 20.4 Å². The van der Waals surface area contributed by atoms with Gasteiger partial charge in [-0.25, -0.2) is 4.79 Å². The third-order valence-electron chi connectivity index (χ3n) is 5.20. The first-order valence-corrected chi connectivity index (χ1v) is 9.30. The first-order valence-electron chi connectivity index (χ1n) is 9.30. The number of carbonyl (C=O) groups excluding carboxylic acids is 3. The summed E-state index contributed by atoms with van der Waals surface area (Å²) in [7, 11) is 1.71. The lowest BCUT2D eigenvalue weighted by Crippen LogP contribution is -2.35. The summed E-state index contributed by atoms with van der Waals surface area (Å²) in [6.45, 7) is 2.76. The summed E-state index contributed by atoms with van der Waals surface area (Å²) in [5.41, 5.74) is 4.86. The van der Waals surface area contributed by atoms with E-state index in [2.05, 4.69) is 10.6 Å². The molecule has 2 aliphatic heterocycles. The second kappa shape index (κ2) is 6.99. The molecule has 2 aromatic rings. The molecule has 144 valence electrons. The highest BCUT2D eigenvalue weighted by Gasteiger charge is 2.22. The summed E-state index contributed by atoms with van der Waals surface area (Å²) in [6, 6.07) is 10.8. The van der Waals surface area contributed by atoms with E-state index in [0.717, 1.165) is 41.9 Å². The quantitative estimate of drug-likeness (QED) is 0.842. The maximum Gasteiger partial charge on any atom is 0.321 e. The van der Waals surface area contributed by atoms with E-state index in [9.17, 15) is 14.4 Å². The van der Waals surface area contributed by atoms with E-state index in [1.165, 1.54) is 0 Å². The van der Waals surface area contributed by atoms with Gasteiger partial charge in [0, 0.05) is 49.7 Å². The molecule has 0 bridgehead atoms. The topological polar surface area (TPSA) is 81.8 Å². The number of aryl methyl sites for hydroxylation is 1. The molecule has 2 N–H and O–H groups in total. The second-order valence-electron chi connectivity index (χ2n) is 7.23. The number of urea groups is 1. The van der Waals surface area contributed by atoms with Crippen molar-refractivity contribution in [3.63, 3.8) is 0 Å². The Morgan fingerprint density at radius 3 is 2.71 bits per heavy atom. The third-order valence-corrected chi connectivity index (χ3v) is 5.20. The molecular weight excluding hydrogens is 356 g/mol. The van der Waals surface area contributed by atoms with Crippen LogP contribution in [0, 0.1) is 0 Å². The van der Waals surface area contributed by atoms with E-state index in [1.807, 2.05) is 18.2 Å². The molecule has 0 spiro atoms. The highest BCUT2D eigenvalue weighted by molar-refractivity contribution is 6.05. The lowest BCUT2D eigenvalue weighted by molar-refractivity contribution is -0.116. The third kappa shape index (κ3) is 3.31. The van der Waals surface area contributed by atoms with Gasteiger partial charge in [0.1, 0.15) is 0 Å².